The minimum atomic E-state index is -0.122. The quantitative estimate of drug-likeness (QED) is 0.712. The highest BCUT2D eigenvalue weighted by Gasteiger charge is 2.45. The molecule has 3 unspecified atom stereocenters. The van der Waals surface area contributed by atoms with E-state index in [2.05, 4.69) is 13.0 Å². The lowest BCUT2D eigenvalue weighted by Gasteiger charge is -2.45. The van der Waals surface area contributed by atoms with Gasteiger partial charge in [0.05, 0.1) is 6.10 Å². The van der Waals surface area contributed by atoms with Crippen molar-refractivity contribution < 1.29 is 10.2 Å². The number of hydrogen-bond donors (Lipinski definition) is 2. The second-order valence-electron chi connectivity index (χ2n) is 7.40. The zero-order valence-electron chi connectivity index (χ0n) is 12.9. The highest BCUT2D eigenvalue weighted by Crippen LogP contribution is 2.55. The van der Waals surface area contributed by atoms with Crippen LogP contribution in [0.4, 0.5) is 0 Å². The Hall–Kier alpha value is -1.28. The molecular weight excluding hydrogens is 260 g/mol. The smallest absolute Gasteiger partial charge is 0.118 e. The van der Waals surface area contributed by atoms with E-state index in [9.17, 15) is 10.2 Å². The van der Waals surface area contributed by atoms with Crippen LogP contribution in [0.15, 0.2) is 23.3 Å². The van der Waals surface area contributed by atoms with Crippen LogP contribution < -0.4 is 0 Å². The molecule has 0 heterocycles. The van der Waals surface area contributed by atoms with Crippen LogP contribution in [0.2, 0.25) is 0 Å². The van der Waals surface area contributed by atoms with E-state index in [1.54, 1.807) is 11.1 Å². The molecule has 2 nitrogen and oxygen atoms in total. The van der Waals surface area contributed by atoms with Crippen molar-refractivity contribution >= 4 is 0 Å². The van der Waals surface area contributed by atoms with Crippen LogP contribution in [0.5, 0.6) is 5.75 Å². The fourth-order valence-corrected chi connectivity index (χ4v) is 5.17. The van der Waals surface area contributed by atoms with Crippen molar-refractivity contribution in [2.75, 3.05) is 0 Å². The van der Waals surface area contributed by atoms with Crippen molar-refractivity contribution in [1.82, 2.24) is 0 Å². The molecular formula is C19H24O2. The molecule has 1 fully saturated rings. The fraction of sp³-hybridized carbons (Fsp3) is 0.579. The molecule has 0 spiro atoms. The van der Waals surface area contributed by atoms with E-state index < -0.39 is 0 Å². The number of rotatable bonds is 0. The van der Waals surface area contributed by atoms with Crippen LogP contribution in [0.1, 0.15) is 55.7 Å². The van der Waals surface area contributed by atoms with E-state index in [1.165, 1.54) is 24.0 Å². The largest absolute Gasteiger partial charge is 0.508 e. The Labute approximate surface area is 126 Å². The maximum absolute atomic E-state index is 10.0. The van der Waals surface area contributed by atoms with Crippen molar-refractivity contribution in [2.24, 2.45) is 5.92 Å². The zero-order chi connectivity index (χ0) is 14.8. The maximum Gasteiger partial charge on any atom is 0.118 e. The number of phenols is 1. The third-order valence-electron chi connectivity index (χ3n) is 6.34. The molecule has 1 aromatic carbocycles. The van der Waals surface area contributed by atoms with E-state index in [-0.39, 0.29) is 11.5 Å². The molecule has 2 heteroatoms. The minimum Gasteiger partial charge on any atom is -0.508 e. The van der Waals surface area contributed by atoms with Gasteiger partial charge < -0.3 is 10.2 Å². The van der Waals surface area contributed by atoms with Gasteiger partial charge in [0.15, 0.2) is 0 Å². The molecule has 0 saturated heterocycles. The van der Waals surface area contributed by atoms with Crippen molar-refractivity contribution in [3.8, 4) is 5.75 Å². The molecule has 3 atom stereocenters. The van der Waals surface area contributed by atoms with Gasteiger partial charge in [0, 0.05) is 5.41 Å². The van der Waals surface area contributed by atoms with E-state index in [0.717, 1.165) is 31.2 Å². The number of allylic oxidation sites excluding steroid dienone is 1. The molecule has 1 saturated carbocycles. The molecule has 21 heavy (non-hydrogen) atoms. The first kappa shape index (κ1) is 13.4. The Morgan fingerprint density at radius 3 is 2.86 bits per heavy atom. The van der Waals surface area contributed by atoms with Gasteiger partial charge >= 0.3 is 0 Å². The van der Waals surface area contributed by atoms with Crippen LogP contribution >= 0.6 is 0 Å². The van der Waals surface area contributed by atoms with E-state index in [4.69, 9.17) is 0 Å². The molecule has 0 radical (unpaired) electrons. The van der Waals surface area contributed by atoms with Gasteiger partial charge in [-0.15, -0.1) is 0 Å². The maximum atomic E-state index is 10.0. The number of aliphatic hydroxyl groups is 1. The summed E-state index contributed by atoms with van der Waals surface area (Å²) in [6.45, 7) is 4.42. The highest BCUT2D eigenvalue weighted by molar-refractivity contribution is 5.54. The Bertz CT molecular complexity index is 643. The van der Waals surface area contributed by atoms with Gasteiger partial charge in [-0.1, -0.05) is 24.1 Å². The summed E-state index contributed by atoms with van der Waals surface area (Å²) in [5, 5.41) is 20.0. The molecule has 2 N–H and O–H groups in total. The highest BCUT2D eigenvalue weighted by atomic mass is 16.3. The van der Waals surface area contributed by atoms with Gasteiger partial charge in [0.1, 0.15) is 5.75 Å². The summed E-state index contributed by atoms with van der Waals surface area (Å²) in [7, 11) is 0. The first-order valence-electron chi connectivity index (χ1n) is 8.23. The van der Waals surface area contributed by atoms with Gasteiger partial charge in [0.25, 0.3) is 0 Å². The van der Waals surface area contributed by atoms with Gasteiger partial charge in [-0.3, -0.25) is 0 Å². The predicted octanol–water partition coefficient (Wildman–Crippen LogP) is 3.77. The van der Waals surface area contributed by atoms with Crippen molar-refractivity contribution in [3.63, 3.8) is 0 Å². The van der Waals surface area contributed by atoms with E-state index in [0.29, 0.717) is 11.7 Å². The Balaban J connectivity index is 1.90. The second-order valence-corrected chi connectivity index (χ2v) is 7.40. The number of phenolic OH excluding ortho intramolecular Hbond substituents is 1. The summed E-state index contributed by atoms with van der Waals surface area (Å²) in [4.78, 5) is 0. The normalized spacial score (nSPS) is 34.4. The van der Waals surface area contributed by atoms with Crippen LogP contribution in [0.3, 0.4) is 0 Å². The predicted molar refractivity (Wildman–Crippen MR) is 83.5 cm³/mol. The molecule has 4 rings (SSSR count). The molecule has 112 valence electrons. The third-order valence-corrected chi connectivity index (χ3v) is 6.34. The average Bonchev–Trinajstić information content (AvgIpc) is 2.83. The standard InChI is InChI=1S/C19H24O2/c1-11-14-3-4-17-15-10-13(20)9-12(15)7-8-19(17,2)16(14)5-6-18(11)21/h5-6,12-13,20-21H,3-4,7-10H2,1-2H3. The van der Waals surface area contributed by atoms with Gasteiger partial charge in [0.2, 0.25) is 0 Å². The molecule has 0 bridgehead atoms. The van der Waals surface area contributed by atoms with E-state index >= 15 is 0 Å². The first-order chi connectivity index (χ1) is 10.0. The summed E-state index contributed by atoms with van der Waals surface area (Å²) in [6, 6.07) is 4.01. The first-order valence-corrected chi connectivity index (χ1v) is 8.23. The zero-order valence-corrected chi connectivity index (χ0v) is 12.9. The number of fused-ring (bicyclic) bond motifs is 4. The summed E-state index contributed by atoms with van der Waals surface area (Å²) in [5.41, 5.74) is 7.14. The Morgan fingerprint density at radius 1 is 1.24 bits per heavy atom. The summed E-state index contributed by atoms with van der Waals surface area (Å²) >= 11 is 0. The number of aliphatic hydroxyl groups excluding tert-OH is 1. The van der Waals surface area contributed by atoms with Gasteiger partial charge in [-0.05, 0) is 74.1 Å². The molecule has 1 aromatic rings. The van der Waals surface area contributed by atoms with Crippen LogP contribution in [0.25, 0.3) is 0 Å². The molecule has 0 aliphatic heterocycles. The molecule has 3 aliphatic rings. The second kappa shape index (κ2) is 4.36. The Kier molecular flexibility index (Phi) is 2.78. The van der Waals surface area contributed by atoms with Crippen LogP contribution in [-0.4, -0.2) is 16.3 Å². The third kappa shape index (κ3) is 1.75. The average molecular weight is 284 g/mol. The van der Waals surface area contributed by atoms with Gasteiger partial charge in [-0.2, -0.15) is 0 Å². The lowest BCUT2D eigenvalue weighted by atomic mass is 9.59. The van der Waals surface area contributed by atoms with Crippen LogP contribution in [0, 0.1) is 12.8 Å². The van der Waals surface area contributed by atoms with Gasteiger partial charge in [-0.25, -0.2) is 0 Å². The summed E-state index contributed by atoms with van der Waals surface area (Å²) < 4.78 is 0. The molecule has 0 amide bonds. The number of aromatic hydroxyl groups is 1. The molecule has 0 aromatic heterocycles. The van der Waals surface area contributed by atoms with Crippen LogP contribution in [-0.2, 0) is 11.8 Å². The Morgan fingerprint density at radius 2 is 2.05 bits per heavy atom. The monoisotopic (exact) mass is 284 g/mol. The molecule has 3 aliphatic carbocycles. The van der Waals surface area contributed by atoms with Crippen molar-refractivity contribution in [1.29, 1.82) is 0 Å². The number of hydrogen-bond acceptors (Lipinski definition) is 2. The minimum absolute atomic E-state index is 0.122. The lowest BCUT2D eigenvalue weighted by Crippen LogP contribution is -2.35. The summed E-state index contributed by atoms with van der Waals surface area (Å²) in [5.74, 6) is 1.06. The fourth-order valence-electron chi connectivity index (χ4n) is 5.17. The van der Waals surface area contributed by atoms with Crippen molar-refractivity contribution in [3.05, 3.63) is 40.0 Å². The summed E-state index contributed by atoms with van der Waals surface area (Å²) in [6.07, 6.45) is 6.26. The lowest BCUT2D eigenvalue weighted by molar-refractivity contribution is 0.177. The topological polar surface area (TPSA) is 40.5 Å². The van der Waals surface area contributed by atoms with Crippen molar-refractivity contribution in [2.45, 2.75) is 63.9 Å². The van der Waals surface area contributed by atoms with E-state index in [1.807, 2.05) is 13.0 Å². The number of benzene rings is 1. The SMILES string of the molecule is Cc1c(O)ccc2c1CCC1=C3CC(O)CC3CCC12C.